The van der Waals surface area contributed by atoms with E-state index in [2.05, 4.69) is 27.7 Å². The number of rotatable bonds is 11. The van der Waals surface area contributed by atoms with Crippen molar-refractivity contribution in [2.45, 2.75) is 168 Å². The number of ether oxygens (including phenoxy) is 4. The van der Waals surface area contributed by atoms with E-state index in [4.69, 9.17) is 18.9 Å². The lowest BCUT2D eigenvalue weighted by molar-refractivity contribution is -0.379. The SMILES string of the molecule is CC1CCC(C(C)C)C(OCOC(C)(C(F)(F)F)C2(F)C3CC(C4C5CC(C(C)C5C)C43)C2(F)F)C1.CCOCOC(C)(C(F)(F)F)C1(F)CC2CC1C1C3CC(C(C)C3C)C21. The van der Waals surface area contributed by atoms with Crippen LogP contribution in [0.2, 0.25) is 0 Å². The minimum absolute atomic E-state index is 0.000449. The van der Waals surface area contributed by atoms with Crippen LogP contribution >= 0.6 is 0 Å². The highest BCUT2D eigenvalue weighted by Gasteiger charge is 2.89. The third kappa shape index (κ3) is 6.37. The third-order valence-corrected chi connectivity index (χ3v) is 20.7. The lowest BCUT2D eigenvalue weighted by atomic mass is 9.57. The maximum absolute atomic E-state index is 16.9. The predicted molar refractivity (Wildman–Crippen MR) is 213 cm³/mol. The fraction of sp³-hybridized carbons (Fsp3) is 1.00. The Hall–Kier alpha value is -0.860. The van der Waals surface area contributed by atoms with Crippen LogP contribution in [-0.4, -0.2) is 67.1 Å². The van der Waals surface area contributed by atoms with Gasteiger partial charge >= 0.3 is 12.4 Å². The van der Waals surface area contributed by atoms with Gasteiger partial charge in [-0.05, 0) is 166 Å². The van der Waals surface area contributed by atoms with Crippen molar-refractivity contribution in [2.24, 2.45) is 112 Å². The van der Waals surface area contributed by atoms with Gasteiger partial charge in [-0.2, -0.15) is 26.3 Å². The van der Waals surface area contributed by atoms with Crippen molar-refractivity contribution < 1.29 is 62.9 Å². The third-order valence-electron chi connectivity index (χ3n) is 20.7. The lowest BCUT2D eigenvalue weighted by Gasteiger charge is -2.54. The molecule has 9 rings (SSSR count). The van der Waals surface area contributed by atoms with Crippen LogP contribution in [0.3, 0.4) is 0 Å². The molecule has 14 heteroatoms. The molecule has 8 bridgehead atoms. The number of alkyl halides is 10. The number of fused-ring (bicyclic) bond motifs is 18. The largest absolute Gasteiger partial charge is 0.420 e. The van der Waals surface area contributed by atoms with Crippen LogP contribution in [0, 0.1) is 112 Å². The smallest absolute Gasteiger partial charge is 0.356 e. The molecule has 9 saturated carbocycles. The van der Waals surface area contributed by atoms with Gasteiger partial charge in [0.15, 0.2) is 11.3 Å². The second-order valence-corrected chi connectivity index (χ2v) is 22.9. The molecule has 0 aliphatic heterocycles. The molecule has 9 aliphatic rings. The van der Waals surface area contributed by atoms with Crippen molar-refractivity contribution in [1.82, 2.24) is 0 Å². The normalized spacial score (nSPS) is 51.3. The summed E-state index contributed by atoms with van der Waals surface area (Å²) in [6.45, 7) is 16.7. The summed E-state index contributed by atoms with van der Waals surface area (Å²) >= 11 is 0. The first-order chi connectivity index (χ1) is 28.6. The summed E-state index contributed by atoms with van der Waals surface area (Å²) in [6.07, 6.45) is -5.70. The second-order valence-electron chi connectivity index (χ2n) is 22.9. The molecule has 9 aliphatic carbocycles. The van der Waals surface area contributed by atoms with Gasteiger partial charge in [0, 0.05) is 18.4 Å². The monoisotopic (exact) mass is 903 g/mol. The van der Waals surface area contributed by atoms with Gasteiger partial charge < -0.3 is 18.9 Å². The fourth-order valence-electron chi connectivity index (χ4n) is 17.2. The van der Waals surface area contributed by atoms with Gasteiger partial charge in [-0.25, -0.2) is 17.6 Å². The zero-order valence-corrected chi connectivity index (χ0v) is 38.2. The van der Waals surface area contributed by atoms with Crippen molar-refractivity contribution in [3.8, 4) is 0 Å². The first kappa shape index (κ1) is 47.6. The van der Waals surface area contributed by atoms with E-state index in [-0.39, 0.29) is 72.9 Å². The van der Waals surface area contributed by atoms with Gasteiger partial charge in [-0.1, -0.05) is 54.9 Å². The maximum atomic E-state index is 16.9. The molecule has 0 heterocycles. The maximum Gasteiger partial charge on any atom is 0.420 e. The zero-order valence-electron chi connectivity index (χ0n) is 38.2. The van der Waals surface area contributed by atoms with E-state index in [9.17, 15) is 26.3 Å². The quantitative estimate of drug-likeness (QED) is 0.0896. The lowest BCUT2D eigenvalue weighted by Crippen LogP contribution is -2.72. The molecule has 0 saturated heterocycles. The predicted octanol–water partition coefficient (Wildman–Crippen LogP) is 13.1. The summed E-state index contributed by atoms with van der Waals surface area (Å²) in [4.78, 5) is 0. The minimum Gasteiger partial charge on any atom is -0.356 e. The van der Waals surface area contributed by atoms with Crippen molar-refractivity contribution in [3.63, 3.8) is 0 Å². The highest BCUT2D eigenvalue weighted by molar-refractivity contribution is 5.30. The van der Waals surface area contributed by atoms with Gasteiger partial charge in [-0.15, -0.1) is 0 Å². The molecule has 23 unspecified atom stereocenters. The van der Waals surface area contributed by atoms with Gasteiger partial charge in [0.1, 0.15) is 13.6 Å². The zero-order chi connectivity index (χ0) is 45.7. The first-order valence-corrected chi connectivity index (χ1v) is 24.0. The summed E-state index contributed by atoms with van der Waals surface area (Å²) in [5, 5.41) is 0. The van der Waals surface area contributed by atoms with E-state index in [1.807, 2.05) is 20.8 Å². The van der Waals surface area contributed by atoms with Crippen LogP contribution in [0.5, 0.6) is 0 Å². The Morgan fingerprint density at radius 3 is 1.61 bits per heavy atom. The average molecular weight is 903 g/mol. The molecular formula is C48H72F10O4. The van der Waals surface area contributed by atoms with Gasteiger partial charge in [-0.3, -0.25) is 0 Å². The molecule has 9 fully saturated rings. The van der Waals surface area contributed by atoms with E-state index in [1.54, 1.807) is 6.92 Å². The van der Waals surface area contributed by atoms with E-state index >= 15 is 17.6 Å². The standard InChI is InChI=1S/C28H42F6O2.C20H30F4O2/c1-13(2)17-8-7-14(3)9-22(17)35-12-36-25(6,28(32,33)34)26(29)20-11-21(27(26,30)31)24-19-10-18(23(20)24)15(4)16(19)5;1-5-25-9-26-18(4,20(22,23)24)19(21)8-12-6-15(19)17-14-7-13(16(12)17)10(2)11(14)3/h13-24H,7-12H2,1-6H3;10-17H,5-9H2,1-4H3. The van der Waals surface area contributed by atoms with Crippen molar-refractivity contribution in [3.05, 3.63) is 0 Å². The summed E-state index contributed by atoms with van der Waals surface area (Å²) < 4.78 is 172. The van der Waals surface area contributed by atoms with Crippen molar-refractivity contribution in [1.29, 1.82) is 0 Å². The minimum atomic E-state index is -5.32. The molecular weight excluding hydrogens is 831 g/mol. The van der Waals surface area contributed by atoms with Crippen molar-refractivity contribution >= 4 is 0 Å². The van der Waals surface area contributed by atoms with E-state index in [0.29, 0.717) is 55.3 Å². The Bertz CT molecular complexity index is 1640. The molecule has 0 aromatic carbocycles. The van der Waals surface area contributed by atoms with Crippen LogP contribution in [0.25, 0.3) is 0 Å². The highest BCUT2D eigenvalue weighted by Crippen LogP contribution is 2.79. The van der Waals surface area contributed by atoms with Crippen LogP contribution in [-0.2, 0) is 18.9 Å². The Labute approximate surface area is 362 Å². The molecule has 0 aromatic heterocycles. The van der Waals surface area contributed by atoms with Crippen LogP contribution in [0.4, 0.5) is 43.9 Å². The molecule has 358 valence electrons. The molecule has 62 heavy (non-hydrogen) atoms. The Morgan fingerprint density at radius 2 is 1.10 bits per heavy atom. The Morgan fingerprint density at radius 1 is 0.597 bits per heavy atom. The molecule has 0 radical (unpaired) electrons. The average Bonchev–Trinajstić information content (AvgIpc) is 4.05. The molecule has 0 aromatic rings. The van der Waals surface area contributed by atoms with E-state index in [0.717, 1.165) is 32.6 Å². The Balaban J connectivity index is 0.000000180. The molecule has 4 nitrogen and oxygen atoms in total. The van der Waals surface area contributed by atoms with Crippen LogP contribution in [0.1, 0.15) is 121 Å². The summed E-state index contributed by atoms with van der Waals surface area (Å²) in [5.41, 5.74) is -12.6. The van der Waals surface area contributed by atoms with E-state index in [1.165, 1.54) is 0 Å². The van der Waals surface area contributed by atoms with Gasteiger partial charge in [0.2, 0.25) is 11.3 Å². The van der Waals surface area contributed by atoms with Gasteiger partial charge in [0.25, 0.3) is 5.92 Å². The molecule has 0 spiro atoms. The number of hydrogen-bond donors (Lipinski definition) is 0. The molecule has 0 N–H and O–H groups in total. The number of hydrogen-bond acceptors (Lipinski definition) is 4. The second kappa shape index (κ2) is 15.6. The summed E-state index contributed by atoms with van der Waals surface area (Å²) in [7, 11) is 0. The van der Waals surface area contributed by atoms with Gasteiger partial charge in [0.05, 0.1) is 6.10 Å². The fourth-order valence-corrected chi connectivity index (χ4v) is 17.2. The summed E-state index contributed by atoms with van der Waals surface area (Å²) in [6, 6.07) is 0. The van der Waals surface area contributed by atoms with E-state index < -0.39 is 84.0 Å². The topological polar surface area (TPSA) is 36.9 Å². The first-order valence-electron chi connectivity index (χ1n) is 24.0. The van der Waals surface area contributed by atoms with Crippen LogP contribution < -0.4 is 0 Å². The van der Waals surface area contributed by atoms with Crippen LogP contribution in [0.15, 0.2) is 0 Å². The highest BCUT2D eigenvalue weighted by atomic mass is 19.4. The summed E-state index contributed by atoms with van der Waals surface area (Å²) in [5.74, 6) is -4.37. The Kier molecular flexibility index (Phi) is 12.0. The number of halogens is 10. The molecule has 0 amide bonds. The molecule has 23 atom stereocenters. The van der Waals surface area contributed by atoms with Crippen molar-refractivity contribution in [2.75, 3.05) is 20.2 Å².